The number of aliphatic hydroxyl groups excluding tert-OH is 1. The summed E-state index contributed by atoms with van der Waals surface area (Å²) in [6.07, 6.45) is 1.26. The number of hydrogen-bond donors (Lipinski definition) is 2. The van der Waals surface area contributed by atoms with Gasteiger partial charge in [-0.2, -0.15) is 5.26 Å². The number of hydrogen-bond acceptors (Lipinski definition) is 3. The molecule has 5 heteroatoms. The second-order valence-electron chi connectivity index (χ2n) is 4.65. The Hall–Kier alpha value is -1.51. The minimum absolute atomic E-state index is 0.0177. The van der Waals surface area contributed by atoms with Crippen molar-refractivity contribution in [3.05, 3.63) is 34.9 Å². The van der Waals surface area contributed by atoms with Gasteiger partial charge in [0.25, 0.3) is 0 Å². The van der Waals surface area contributed by atoms with Crippen LogP contribution in [-0.2, 0) is 6.54 Å². The summed E-state index contributed by atoms with van der Waals surface area (Å²) in [6, 6.07) is 3.77. The van der Waals surface area contributed by atoms with Crippen LogP contribution in [0, 0.1) is 28.9 Å². The molecule has 1 aromatic carbocycles. The van der Waals surface area contributed by atoms with E-state index in [1.165, 1.54) is 0 Å². The molecule has 18 heavy (non-hydrogen) atoms. The van der Waals surface area contributed by atoms with Gasteiger partial charge in [0, 0.05) is 12.1 Å². The standard InChI is InChI=1S/C13H14F2N2O/c14-12-3-8(5-16)4-13(15)11(12)7-17-6-9-1-10(18)2-9/h3-4,9-10,17-18H,1-2,6-7H2. The van der Waals surface area contributed by atoms with Gasteiger partial charge in [-0.15, -0.1) is 0 Å². The maximum Gasteiger partial charge on any atom is 0.131 e. The Morgan fingerprint density at radius 3 is 2.44 bits per heavy atom. The number of nitrogens with zero attached hydrogens (tertiary/aromatic N) is 1. The molecule has 2 rings (SSSR count). The lowest BCUT2D eigenvalue weighted by molar-refractivity contribution is 0.0429. The Morgan fingerprint density at radius 2 is 1.94 bits per heavy atom. The van der Waals surface area contributed by atoms with E-state index in [0.717, 1.165) is 25.0 Å². The molecule has 0 bridgehead atoms. The summed E-state index contributed by atoms with van der Waals surface area (Å²) in [7, 11) is 0. The zero-order chi connectivity index (χ0) is 13.1. The van der Waals surface area contributed by atoms with Crippen LogP contribution in [0.5, 0.6) is 0 Å². The van der Waals surface area contributed by atoms with Crippen LogP contribution in [0.1, 0.15) is 24.0 Å². The van der Waals surface area contributed by atoms with E-state index in [9.17, 15) is 8.78 Å². The van der Waals surface area contributed by atoms with Gasteiger partial charge in [0.1, 0.15) is 11.6 Å². The molecule has 1 saturated carbocycles. The second kappa shape index (κ2) is 5.42. The van der Waals surface area contributed by atoms with Gasteiger partial charge < -0.3 is 10.4 Å². The Balaban J connectivity index is 1.91. The highest BCUT2D eigenvalue weighted by atomic mass is 19.1. The van der Waals surface area contributed by atoms with Crippen molar-refractivity contribution in [3.63, 3.8) is 0 Å². The first kappa shape index (κ1) is 12.9. The van der Waals surface area contributed by atoms with Gasteiger partial charge in [0.15, 0.2) is 0 Å². The highest BCUT2D eigenvalue weighted by molar-refractivity contribution is 5.34. The molecule has 0 aliphatic heterocycles. The maximum atomic E-state index is 13.5. The molecule has 0 radical (unpaired) electrons. The van der Waals surface area contributed by atoms with E-state index in [4.69, 9.17) is 10.4 Å². The van der Waals surface area contributed by atoms with E-state index in [2.05, 4.69) is 5.32 Å². The molecule has 0 heterocycles. The fourth-order valence-electron chi connectivity index (χ4n) is 2.10. The zero-order valence-corrected chi connectivity index (χ0v) is 9.79. The maximum absolute atomic E-state index is 13.5. The van der Waals surface area contributed by atoms with E-state index >= 15 is 0 Å². The van der Waals surface area contributed by atoms with Crippen molar-refractivity contribution in [2.24, 2.45) is 5.92 Å². The predicted molar refractivity (Wildman–Crippen MR) is 61.5 cm³/mol. The summed E-state index contributed by atoms with van der Waals surface area (Å²) in [5.74, 6) is -1.02. The van der Waals surface area contributed by atoms with E-state index < -0.39 is 11.6 Å². The first-order valence-corrected chi connectivity index (χ1v) is 5.87. The Bertz CT molecular complexity index is 455. The lowest BCUT2D eigenvalue weighted by atomic mass is 9.82. The van der Waals surface area contributed by atoms with Crippen LogP contribution in [0.2, 0.25) is 0 Å². The highest BCUT2D eigenvalue weighted by Crippen LogP contribution is 2.26. The molecule has 1 aliphatic carbocycles. The molecule has 0 saturated heterocycles. The number of benzene rings is 1. The van der Waals surface area contributed by atoms with Gasteiger partial charge in [-0.25, -0.2) is 8.78 Å². The Morgan fingerprint density at radius 1 is 1.33 bits per heavy atom. The number of halogens is 2. The molecule has 0 aromatic heterocycles. The highest BCUT2D eigenvalue weighted by Gasteiger charge is 2.26. The smallest absolute Gasteiger partial charge is 0.131 e. The summed E-state index contributed by atoms with van der Waals surface area (Å²) in [4.78, 5) is 0. The number of rotatable bonds is 4. The van der Waals surface area contributed by atoms with Gasteiger partial charge >= 0.3 is 0 Å². The summed E-state index contributed by atoms with van der Waals surface area (Å²) in [5, 5.41) is 20.6. The van der Waals surface area contributed by atoms with Crippen molar-refractivity contribution >= 4 is 0 Å². The fourth-order valence-corrected chi connectivity index (χ4v) is 2.10. The normalized spacial score (nSPS) is 22.3. The molecule has 1 fully saturated rings. The summed E-state index contributed by atoms with van der Waals surface area (Å²) < 4.78 is 27.0. The van der Waals surface area contributed by atoms with Crippen LogP contribution in [0.3, 0.4) is 0 Å². The van der Waals surface area contributed by atoms with Crippen molar-refractivity contribution in [3.8, 4) is 6.07 Å². The monoisotopic (exact) mass is 252 g/mol. The molecule has 96 valence electrons. The molecule has 1 aromatic rings. The number of nitriles is 1. The van der Waals surface area contributed by atoms with Crippen molar-refractivity contribution < 1.29 is 13.9 Å². The predicted octanol–water partition coefficient (Wildman–Crippen LogP) is 1.70. The lowest BCUT2D eigenvalue weighted by Gasteiger charge is -2.31. The van der Waals surface area contributed by atoms with Crippen molar-refractivity contribution in [1.29, 1.82) is 5.26 Å². The third kappa shape index (κ3) is 2.84. The van der Waals surface area contributed by atoms with Crippen molar-refractivity contribution in [2.45, 2.75) is 25.5 Å². The minimum Gasteiger partial charge on any atom is -0.393 e. The molecule has 0 spiro atoms. The summed E-state index contributed by atoms with van der Waals surface area (Å²) in [6.45, 7) is 0.728. The molecule has 1 aliphatic rings. The average Bonchev–Trinajstić information content (AvgIpc) is 2.29. The molecule has 0 amide bonds. The quantitative estimate of drug-likeness (QED) is 0.857. The van der Waals surface area contributed by atoms with Gasteiger partial charge in [-0.3, -0.25) is 0 Å². The average molecular weight is 252 g/mol. The molecule has 0 unspecified atom stereocenters. The van der Waals surface area contributed by atoms with Crippen LogP contribution < -0.4 is 5.32 Å². The first-order chi connectivity index (χ1) is 8.60. The van der Waals surface area contributed by atoms with Crippen molar-refractivity contribution in [2.75, 3.05) is 6.54 Å². The van der Waals surface area contributed by atoms with E-state index in [1.807, 2.05) is 0 Å². The van der Waals surface area contributed by atoms with E-state index in [-0.39, 0.29) is 23.8 Å². The Labute approximate surface area is 104 Å². The molecule has 0 atom stereocenters. The lowest BCUT2D eigenvalue weighted by Crippen LogP contribution is -2.36. The molecular weight excluding hydrogens is 238 g/mol. The fraction of sp³-hybridized carbons (Fsp3) is 0.462. The van der Waals surface area contributed by atoms with Gasteiger partial charge in [-0.1, -0.05) is 0 Å². The zero-order valence-electron chi connectivity index (χ0n) is 9.79. The number of nitrogens with one attached hydrogen (secondary N) is 1. The largest absolute Gasteiger partial charge is 0.393 e. The van der Waals surface area contributed by atoms with Crippen LogP contribution in [0.4, 0.5) is 8.78 Å². The second-order valence-corrected chi connectivity index (χ2v) is 4.65. The molecule has 3 nitrogen and oxygen atoms in total. The van der Waals surface area contributed by atoms with Gasteiger partial charge in [0.05, 0.1) is 17.7 Å². The summed E-state index contributed by atoms with van der Waals surface area (Å²) >= 11 is 0. The van der Waals surface area contributed by atoms with Crippen LogP contribution >= 0.6 is 0 Å². The first-order valence-electron chi connectivity index (χ1n) is 5.87. The Kier molecular flexibility index (Phi) is 3.90. The topological polar surface area (TPSA) is 56.0 Å². The van der Waals surface area contributed by atoms with Crippen LogP contribution in [-0.4, -0.2) is 17.8 Å². The third-order valence-electron chi connectivity index (χ3n) is 3.22. The van der Waals surface area contributed by atoms with E-state index in [1.54, 1.807) is 6.07 Å². The van der Waals surface area contributed by atoms with Gasteiger partial charge in [-0.05, 0) is 37.4 Å². The van der Waals surface area contributed by atoms with Gasteiger partial charge in [0.2, 0.25) is 0 Å². The van der Waals surface area contributed by atoms with Crippen LogP contribution in [0.25, 0.3) is 0 Å². The molecule has 2 N–H and O–H groups in total. The van der Waals surface area contributed by atoms with Crippen LogP contribution in [0.15, 0.2) is 12.1 Å². The van der Waals surface area contributed by atoms with E-state index in [0.29, 0.717) is 12.5 Å². The SMILES string of the molecule is N#Cc1cc(F)c(CNCC2CC(O)C2)c(F)c1. The number of aliphatic hydroxyl groups is 1. The van der Waals surface area contributed by atoms with Crippen molar-refractivity contribution in [1.82, 2.24) is 5.32 Å². The summed E-state index contributed by atoms with van der Waals surface area (Å²) in [5.41, 5.74) is -0.0651. The molecular formula is C13H14F2N2O. The third-order valence-corrected chi connectivity index (χ3v) is 3.22. The minimum atomic E-state index is -0.701.